The molecule has 5 atom stereocenters. The van der Waals surface area contributed by atoms with Crippen molar-refractivity contribution in [3.05, 3.63) is 60.4 Å². The predicted molar refractivity (Wildman–Crippen MR) is 176 cm³/mol. The summed E-state index contributed by atoms with van der Waals surface area (Å²) in [5, 5.41) is 7.56. The van der Waals surface area contributed by atoms with E-state index in [9.17, 15) is 22.8 Å². The Labute approximate surface area is 279 Å². The highest BCUT2D eigenvalue weighted by Crippen LogP contribution is 2.46. The van der Waals surface area contributed by atoms with Crippen LogP contribution in [0.4, 0.5) is 0 Å². The number of benzene rings is 1. The number of fused-ring (bicyclic) bond motifs is 3. The van der Waals surface area contributed by atoms with Gasteiger partial charge in [0, 0.05) is 36.6 Å². The summed E-state index contributed by atoms with van der Waals surface area (Å²) in [6.45, 7) is 4.06. The molecule has 4 aliphatic rings. The van der Waals surface area contributed by atoms with Crippen molar-refractivity contribution in [3.8, 4) is 11.6 Å². The Morgan fingerprint density at radius 1 is 1.17 bits per heavy atom. The zero-order valence-corrected chi connectivity index (χ0v) is 27.8. The third-order valence-electron chi connectivity index (χ3n) is 9.58. The van der Waals surface area contributed by atoms with E-state index in [2.05, 4.69) is 15.1 Å². The van der Waals surface area contributed by atoms with Crippen molar-refractivity contribution < 1.29 is 32.3 Å². The first-order valence-corrected chi connectivity index (χ1v) is 18.1. The quantitative estimate of drug-likeness (QED) is 0.374. The molecule has 3 fully saturated rings. The van der Waals surface area contributed by atoms with Crippen molar-refractivity contribution >= 4 is 38.6 Å². The second-order valence-corrected chi connectivity index (χ2v) is 15.2. The van der Waals surface area contributed by atoms with Crippen molar-refractivity contribution in [2.24, 2.45) is 5.92 Å². The lowest BCUT2D eigenvalue weighted by molar-refractivity contribution is -0.147. The number of amides is 3. The molecule has 1 saturated heterocycles. The lowest BCUT2D eigenvalue weighted by Crippen LogP contribution is -2.57. The van der Waals surface area contributed by atoms with E-state index in [4.69, 9.17) is 14.5 Å². The van der Waals surface area contributed by atoms with Crippen LogP contribution >= 0.6 is 0 Å². The molecule has 2 aliphatic carbocycles. The van der Waals surface area contributed by atoms with Crippen molar-refractivity contribution in [2.75, 3.05) is 13.2 Å². The summed E-state index contributed by atoms with van der Waals surface area (Å²) in [6, 6.07) is 10.2. The number of sulfonamides is 1. The third-order valence-corrected chi connectivity index (χ3v) is 11.4. The van der Waals surface area contributed by atoms with E-state index in [1.807, 2.05) is 55.6 Å². The fourth-order valence-corrected chi connectivity index (χ4v) is 7.96. The molecule has 254 valence electrons. The van der Waals surface area contributed by atoms with Gasteiger partial charge in [0.1, 0.15) is 29.5 Å². The molecule has 48 heavy (non-hydrogen) atoms. The van der Waals surface area contributed by atoms with Gasteiger partial charge in [-0.15, -0.1) is 0 Å². The van der Waals surface area contributed by atoms with Gasteiger partial charge in [-0.1, -0.05) is 24.3 Å². The van der Waals surface area contributed by atoms with E-state index in [0.29, 0.717) is 36.5 Å². The van der Waals surface area contributed by atoms with Gasteiger partial charge in [0.05, 0.1) is 23.0 Å². The molecule has 0 radical (unpaired) electrons. The zero-order valence-electron chi connectivity index (χ0n) is 27.0. The van der Waals surface area contributed by atoms with E-state index in [-0.39, 0.29) is 31.2 Å². The van der Waals surface area contributed by atoms with E-state index in [1.165, 1.54) is 4.90 Å². The number of nitrogens with zero attached hydrogens (tertiary/aromatic N) is 4. The number of carbonyl (C=O) groups is 3. The summed E-state index contributed by atoms with van der Waals surface area (Å²) >= 11 is 0. The number of hydrogen-bond acceptors (Lipinski definition) is 9. The molecule has 3 aromatic rings. The Morgan fingerprint density at radius 2 is 1.98 bits per heavy atom. The Morgan fingerprint density at radius 3 is 2.75 bits per heavy atom. The molecule has 2 aliphatic heterocycles. The molecule has 14 heteroatoms. The largest absolute Gasteiger partial charge is 0.488 e. The Kier molecular flexibility index (Phi) is 8.48. The molecule has 13 nitrogen and oxygen atoms in total. The highest BCUT2D eigenvalue weighted by atomic mass is 32.2. The predicted octanol–water partition coefficient (Wildman–Crippen LogP) is 2.71. The van der Waals surface area contributed by atoms with Gasteiger partial charge >= 0.3 is 0 Å². The maximum Gasteiger partial charge on any atom is 0.259 e. The highest BCUT2D eigenvalue weighted by molar-refractivity contribution is 7.91. The van der Waals surface area contributed by atoms with Gasteiger partial charge in [-0.2, -0.15) is 5.10 Å². The fourth-order valence-electron chi connectivity index (χ4n) is 6.60. The second-order valence-electron chi connectivity index (χ2n) is 13.3. The second kappa shape index (κ2) is 12.6. The first-order valence-electron chi connectivity index (χ1n) is 16.6. The molecule has 1 aromatic carbocycles. The summed E-state index contributed by atoms with van der Waals surface area (Å²) in [6.07, 6.45) is 7.96. The molecule has 7 rings (SSSR count). The lowest BCUT2D eigenvalue weighted by atomic mass is 10.1. The highest BCUT2D eigenvalue weighted by Gasteiger charge is 2.62. The maximum atomic E-state index is 14.1. The van der Waals surface area contributed by atoms with E-state index in [0.717, 1.165) is 30.3 Å². The number of hydrogen-bond donors (Lipinski definition) is 2. The Balaban J connectivity index is 1.18. The standard InChI is InChI=1S/C34H40N6O7S/c1-21-14-15-40(37-21)30-18-29(26-10-6-7-11-27(26)35-30)47-24-17-28-31(41)36-34(33(43)38-48(44,45)25-12-13-25)19-23(34)9-5-3-4-8-16-46-22(2)32(42)39(28)20-24/h5-7,9-11,14-15,18,22-25,28H,3-4,8,12-13,16-17,19-20H2,1-2H3,(H,36,41)(H,38,43)/b9-5-/t22-,23-,24-,28+,34-/m1/s1. The summed E-state index contributed by atoms with van der Waals surface area (Å²) < 4.78 is 41.8. The van der Waals surface area contributed by atoms with Crippen molar-refractivity contribution in [1.82, 2.24) is 29.7 Å². The van der Waals surface area contributed by atoms with Crippen LogP contribution in [0.5, 0.6) is 5.75 Å². The van der Waals surface area contributed by atoms with Gasteiger partial charge < -0.3 is 19.7 Å². The number of nitrogens with one attached hydrogen (secondary N) is 2. The molecular weight excluding hydrogens is 636 g/mol. The summed E-state index contributed by atoms with van der Waals surface area (Å²) in [7, 11) is -3.84. The van der Waals surface area contributed by atoms with Crippen LogP contribution in [0.2, 0.25) is 0 Å². The monoisotopic (exact) mass is 676 g/mol. The summed E-state index contributed by atoms with van der Waals surface area (Å²) in [5.41, 5.74) is 0.103. The average Bonchev–Trinajstić information content (AvgIpc) is 3.95. The van der Waals surface area contributed by atoms with Crippen LogP contribution < -0.4 is 14.8 Å². The molecule has 0 spiro atoms. The number of pyridine rings is 1. The Hall–Kier alpha value is -4.30. The summed E-state index contributed by atoms with van der Waals surface area (Å²) in [4.78, 5) is 47.7. The minimum atomic E-state index is -3.84. The number of ether oxygens (including phenoxy) is 2. The van der Waals surface area contributed by atoms with Gasteiger partial charge in [0.15, 0.2) is 5.82 Å². The van der Waals surface area contributed by atoms with Crippen molar-refractivity contribution in [2.45, 2.75) is 87.8 Å². The number of carbonyl (C=O) groups excluding carboxylic acids is 3. The van der Waals surface area contributed by atoms with Gasteiger partial charge in [0.2, 0.25) is 15.9 Å². The molecule has 4 heterocycles. The van der Waals surface area contributed by atoms with Crippen molar-refractivity contribution in [1.29, 1.82) is 0 Å². The number of para-hydroxylation sites is 1. The molecule has 2 N–H and O–H groups in total. The molecule has 0 bridgehead atoms. The van der Waals surface area contributed by atoms with Gasteiger partial charge in [-0.3, -0.25) is 19.1 Å². The van der Waals surface area contributed by atoms with Crippen LogP contribution in [-0.4, -0.2) is 88.0 Å². The molecule has 2 saturated carbocycles. The number of aromatic nitrogens is 3. The summed E-state index contributed by atoms with van der Waals surface area (Å²) in [5.74, 6) is -0.931. The van der Waals surface area contributed by atoms with Gasteiger partial charge in [-0.05, 0) is 70.6 Å². The van der Waals surface area contributed by atoms with Gasteiger partial charge in [-0.25, -0.2) is 18.1 Å². The lowest BCUT2D eigenvalue weighted by Gasteiger charge is -2.28. The Bertz CT molecular complexity index is 1890. The number of aryl methyl sites for hydroxylation is 1. The van der Waals surface area contributed by atoms with Crippen LogP contribution in [-0.2, 0) is 29.1 Å². The molecule has 2 aromatic heterocycles. The van der Waals surface area contributed by atoms with Crippen LogP contribution in [0.3, 0.4) is 0 Å². The third kappa shape index (κ3) is 6.42. The van der Waals surface area contributed by atoms with E-state index >= 15 is 0 Å². The average molecular weight is 677 g/mol. The van der Waals surface area contributed by atoms with E-state index < -0.39 is 50.9 Å². The fraction of sp³-hybridized carbons (Fsp3) is 0.500. The molecule has 3 amide bonds. The molecule has 0 unspecified atom stereocenters. The first-order chi connectivity index (χ1) is 23.0. The minimum Gasteiger partial charge on any atom is -0.488 e. The molecular formula is C34H40N6O7S. The van der Waals surface area contributed by atoms with Crippen LogP contribution in [0.15, 0.2) is 54.7 Å². The van der Waals surface area contributed by atoms with Crippen LogP contribution in [0.1, 0.15) is 57.6 Å². The van der Waals surface area contributed by atoms with Gasteiger partial charge in [0.25, 0.3) is 11.8 Å². The van der Waals surface area contributed by atoms with Crippen molar-refractivity contribution in [3.63, 3.8) is 0 Å². The topological polar surface area (TPSA) is 162 Å². The zero-order chi connectivity index (χ0) is 33.6. The van der Waals surface area contributed by atoms with Crippen LogP contribution in [0.25, 0.3) is 16.7 Å². The number of allylic oxidation sites excluding steroid dienone is 1. The first kappa shape index (κ1) is 32.3. The normalized spacial score (nSPS) is 28.8. The van der Waals surface area contributed by atoms with Crippen LogP contribution in [0, 0.1) is 12.8 Å². The number of rotatable bonds is 6. The maximum absolute atomic E-state index is 14.1. The smallest absolute Gasteiger partial charge is 0.259 e. The minimum absolute atomic E-state index is 0.107. The SMILES string of the molecule is Cc1ccn(-c2cc(O[C@@H]3C[C@H]4C(=O)N[C@]5(C(=O)NS(=O)(=O)C6CC6)C[C@H]5/C=C\CCCCO[C@H](C)C(=O)N4C3)c3ccccc3n2)n1. The van der Waals surface area contributed by atoms with E-state index in [1.54, 1.807) is 17.7 Å².